The van der Waals surface area contributed by atoms with Gasteiger partial charge in [-0.2, -0.15) is 0 Å². The lowest BCUT2D eigenvalue weighted by atomic mass is 10.1. The van der Waals surface area contributed by atoms with E-state index in [4.69, 9.17) is 0 Å². The number of hydrogen-bond donors (Lipinski definition) is 0. The largest absolute Gasteiger partial charge is 0.338 e. The molecule has 2 aromatic carbocycles. The Morgan fingerprint density at radius 2 is 1.37 bits per heavy atom. The van der Waals surface area contributed by atoms with Crippen molar-refractivity contribution < 1.29 is 13.6 Å². The standard InChI is InChI=1S/C23H25F2N3OS/c1-3-28(4-2)23(29)21-16-30-22(26-21)15-27(13-17-5-9-19(24)10-6-17)14-18-7-11-20(25)12-8-18/h5-12,16H,3-4,13-15H2,1-2H3. The Bertz CT molecular complexity index is 906. The Labute approximate surface area is 179 Å². The number of rotatable bonds is 9. The third kappa shape index (κ3) is 5.93. The average Bonchev–Trinajstić information content (AvgIpc) is 3.20. The van der Waals surface area contributed by atoms with Crippen LogP contribution < -0.4 is 0 Å². The highest BCUT2D eigenvalue weighted by Gasteiger charge is 2.18. The van der Waals surface area contributed by atoms with E-state index in [1.807, 2.05) is 13.8 Å². The summed E-state index contributed by atoms with van der Waals surface area (Å²) in [6.45, 7) is 6.87. The Balaban J connectivity index is 1.77. The molecule has 0 aliphatic carbocycles. The summed E-state index contributed by atoms with van der Waals surface area (Å²) >= 11 is 1.45. The monoisotopic (exact) mass is 429 g/mol. The van der Waals surface area contributed by atoms with Gasteiger partial charge in [0.15, 0.2) is 0 Å². The predicted molar refractivity (Wildman–Crippen MR) is 115 cm³/mol. The van der Waals surface area contributed by atoms with Crippen molar-refractivity contribution in [2.75, 3.05) is 13.1 Å². The van der Waals surface area contributed by atoms with Crippen LogP contribution in [0.1, 0.15) is 40.5 Å². The van der Waals surface area contributed by atoms with Crippen LogP contribution in [-0.2, 0) is 19.6 Å². The quantitative estimate of drug-likeness (QED) is 0.475. The molecule has 0 saturated carbocycles. The van der Waals surface area contributed by atoms with E-state index < -0.39 is 0 Å². The second-order valence-corrected chi connectivity index (χ2v) is 7.94. The molecule has 0 saturated heterocycles. The number of carbonyl (C=O) groups is 1. The van der Waals surface area contributed by atoms with Crippen LogP contribution in [0, 0.1) is 11.6 Å². The van der Waals surface area contributed by atoms with Crippen LogP contribution in [0.5, 0.6) is 0 Å². The molecule has 0 fully saturated rings. The first-order valence-corrected chi connectivity index (χ1v) is 10.8. The van der Waals surface area contributed by atoms with Crippen LogP contribution in [0.15, 0.2) is 53.9 Å². The van der Waals surface area contributed by atoms with Crippen LogP contribution >= 0.6 is 11.3 Å². The van der Waals surface area contributed by atoms with Crippen LogP contribution in [0.25, 0.3) is 0 Å². The summed E-state index contributed by atoms with van der Waals surface area (Å²) in [7, 11) is 0. The minimum atomic E-state index is -0.275. The number of amides is 1. The van der Waals surface area contributed by atoms with Gasteiger partial charge < -0.3 is 4.90 Å². The van der Waals surface area contributed by atoms with Crippen molar-refractivity contribution in [3.8, 4) is 0 Å². The summed E-state index contributed by atoms with van der Waals surface area (Å²) in [6, 6.07) is 12.8. The fraction of sp³-hybridized carbons (Fsp3) is 0.304. The molecule has 0 radical (unpaired) electrons. The first-order valence-electron chi connectivity index (χ1n) is 9.93. The molecule has 158 valence electrons. The first kappa shape index (κ1) is 22.1. The van der Waals surface area contributed by atoms with E-state index >= 15 is 0 Å². The van der Waals surface area contributed by atoms with Gasteiger partial charge in [-0.3, -0.25) is 9.69 Å². The molecule has 30 heavy (non-hydrogen) atoms. The number of hydrogen-bond acceptors (Lipinski definition) is 4. The van der Waals surface area contributed by atoms with Crippen molar-refractivity contribution in [1.82, 2.24) is 14.8 Å². The van der Waals surface area contributed by atoms with E-state index in [0.717, 1.165) is 16.1 Å². The van der Waals surface area contributed by atoms with Gasteiger partial charge in [0.05, 0.1) is 6.54 Å². The predicted octanol–water partition coefficient (Wildman–Crippen LogP) is 5.11. The Hall–Kier alpha value is -2.64. The molecule has 7 heteroatoms. The third-order valence-electron chi connectivity index (χ3n) is 4.82. The molecule has 0 N–H and O–H groups in total. The van der Waals surface area contributed by atoms with Gasteiger partial charge in [-0.1, -0.05) is 24.3 Å². The highest BCUT2D eigenvalue weighted by Crippen LogP contribution is 2.18. The summed E-state index contributed by atoms with van der Waals surface area (Å²) in [5.74, 6) is -0.613. The van der Waals surface area contributed by atoms with Crippen LogP contribution in [0.4, 0.5) is 8.78 Å². The topological polar surface area (TPSA) is 36.4 Å². The average molecular weight is 430 g/mol. The van der Waals surface area contributed by atoms with Gasteiger partial charge in [-0.15, -0.1) is 11.3 Å². The van der Waals surface area contributed by atoms with Crippen molar-refractivity contribution in [3.63, 3.8) is 0 Å². The molecule has 1 heterocycles. The fourth-order valence-corrected chi connectivity index (χ4v) is 4.02. The zero-order valence-electron chi connectivity index (χ0n) is 17.1. The SMILES string of the molecule is CCN(CC)C(=O)c1csc(CN(Cc2ccc(F)cc2)Cc2ccc(F)cc2)n1. The zero-order valence-corrected chi connectivity index (χ0v) is 18.0. The summed E-state index contributed by atoms with van der Waals surface area (Å²) in [5, 5.41) is 2.62. The summed E-state index contributed by atoms with van der Waals surface area (Å²) in [6.07, 6.45) is 0. The van der Waals surface area contributed by atoms with Gasteiger partial charge >= 0.3 is 0 Å². The maximum atomic E-state index is 13.3. The van der Waals surface area contributed by atoms with Gasteiger partial charge in [-0.25, -0.2) is 13.8 Å². The number of nitrogens with zero attached hydrogens (tertiary/aromatic N) is 3. The third-order valence-corrected chi connectivity index (χ3v) is 5.65. The summed E-state index contributed by atoms with van der Waals surface area (Å²) in [5.41, 5.74) is 2.39. The second kappa shape index (κ2) is 10.4. The molecular weight excluding hydrogens is 404 g/mol. The number of thiazole rings is 1. The minimum absolute atomic E-state index is 0.0638. The van der Waals surface area contributed by atoms with Gasteiger partial charge in [0.2, 0.25) is 0 Å². The van der Waals surface area contributed by atoms with Gasteiger partial charge in [0.1, 0.15) is 22.3 Å². The normalized spacial score (nSPS) is 11.1. The van der Waals surface area contributed by atoms with Crippen LogP contribution in [-0.4, -0.2) is 33.8 Å². The Kier molecular flexibility index (Phi) is 7.65. The number of aromatic nitrogens is 1. The van der Waals surface area contributed by atoms with Crippen molar-refractivity contribution in [1.29, 1.82) is 0 Å². The van der Waals surface area contributed by atoms with Crippen LogP contribution in [0.3, 0.4) is 0 Å². The number of halogens is 2. The Morgan fingerprint density at radius 3 is 1.83 bits per heavy atom. The summed E-state index contributed by atoms with van der Waals surface area (Å²) < 4.78 is 26.5. The number of benzene rings is 2. The first-order chi connectivity index (χ1) is 14.5. The van der Waals surface area contributed by atoms with Gasteiger partial charge in [0.25, 0.3) is 5.91 Å². The molecule has 1 amide bonds. The zero-order chi connectivity index (χ0) is 21.5. The second-order valence-electron chi connectivity index (χ2n) is 7.00. The molecule has 0 aliphatic rings. The molecular formula is C23H25F2N3OS. The lowest BCUT2D eigenvalue weighted by Gasteiger charge is -2.21. The molecule has 0 bridgehead atoms. The highest BCUT2D eigenvalue weighted by atomic mass is 32.1. The fourth-order valence-electron chi connectivity index (χ4n) is 3.21. The molecule has 0 aliphatic heterocycles. The Morgan fingerprint density at radius 1 is 0.867 bits per heavy atom. The van der Waals surface area contributed by atoms with E-state index in [-0.39, 0.29) is 17.5 Å². The number of carbonyl (C=O) groups excluding carboxylic acids is 1. The molecule has 3 rings (SSSR count). The van der Waals surface area contributed by atoms with Gasteiger partial charge in [-0.05, 0) is 49.2 Å². The summed E-state index contributed by atoms with van der Waals surface area (Å²) in [4.78, 5) is 21.0. The van der Waals surface area contributed by atoms with E-state index in [9.17, 15) is 13.6 Å². The lowest BCUT2D eigenvalue weighted by Crippen LogP contribution is -2.30. The molecule has 3 aromatic rings. The minimum Gasteiger partial charge on any atom is -0.338 e. The van der Waals surface area contributed by atoms with Crippen molar-refractivity contribution >= 4 is 17.2 Å². The molecule has 0 unspecified atom stereocenters. The highest BCUT2D eigenvalue weighted by molar-refractivity contribution is 7.09. The molecule has 1 aromatic heterocycles. The maximum Gasteiger partial charge on any atom is 0.273 e. The van der Waals surface area contributed by atoms with E-state index in [0.29, 0.717) is 38.4 Å². The van der Waals surface area contributed by atoms with E-state index in [1.54, 1.807) is 34.5 Å². The molecule has 0 spiro atoms. The maximum absolute atomic E-state index is 13.3. The van der Waals surface area contributed by atoms with Crippen molar-refractivity contribution in [3.05, 3.63) is 87.4 Å². The van der Waals surface area contributed by atoms with Crippen molar-refractivity contribution in [2.24, 2.45) is 0 Å². The smallest absolute Gasteiger partial charge is 0.273 e. The van der Waals surface area contributed by atoms with E-state index in [1.165, 1.54) is 35.6 Å². The van der Waals surface area contributed by atoms with Crippen LogP contribution in [0.2, 0.25) is 0 Å². The van der Waals surface area contributed by atoms with Crippen molar-refractivity contribution in [2.45, 2.75) is 33.5 Å². The van der Waals surface area contributed by atoms with E-state index in [2.05, 4.69) is 9.88 Å². The lowest BCUT2D eigenvalue weighted by molar-refractivity contribution is 0.0767. The molecule has 0 atom stereocenters. The molecule has 4 nitrogen and oxygen atoms in total. The van der Waals surface area contributed by atoms with Gasteiger partial charge in [0, 0.05) is 31.6 Å².